The number of alkyl carbamates (subject to hydrolysis) is 1. The van der Waals surface area contributed by atoms with Gasteiger partial charge in [-0.15, -0.1) is 23.2 Å². The summed E-state index contributed by atoms with van der Waals surface area (Å²) in [5.41, 5.74) is 0.875. The zero-order valence-electron chi connectivity index (χ0n) is 23.3. The van der Waals surface area contributed by atoms with Crippen LogP contribution in [0, 0.1) is 0 Å². The third kappa shape index (κ3) is 12.8. The van der Waals surface area contributed by atoms with Gasteiger partial charge >= 0.3 is 21.3 Å². The number of carbonyl (C=O) groups excluding carboxylic acids is 2. The van der Waals surface area contributed by atoms with Crippen LogP contribution in [0.2, 0.25) is 0 Å². The van der Waals surface area contributed by atoms with Gasteiger partial charge in [0.15, 0.2) is 0 Å². The minimum absolute atomic E-state index is 0.0976. The highest BCUT2D eigenvalue weighted by Gasteiger charge is 2.58. The van der Waals surface area contributed by atoms with Gasteiger partial charge in [0, 0.05) is 43.5 Å². The molecule has 0 heterocycles. The van der Waals surface area contributed by atoms with Crippen LogP contribution < -0.4 is 15.5 Å². The van der Waals surface area contributed by atoms with Crippen molar-refractivity contribution in [1.29, 1.82) is 0 Å². The van der Waals surface area contributed by atoms with Crippen molar-refractivity contribution in [2.24, 2.45) is 0 Å². The Balaban J connectivity index is 2.84. The number of rotatable bonds is 17. The highest BCUT2D eigenvalue weighted by molar-refractivity contribution is 7.72. The number of nitrogens with one attached hydrogen (secondary N) is 2. The van der Waals surface area contributed by atoms with E-state index < -0.39 is 50.3 Å². The second-order valence-corrected chi connectivity index (χ2v) is 15.2. The van der Waals surface area contributed by atoms with Crippen LogP contribution in [0.5, 0.6) is 0 Å². The molecule has 0 aromatic heterocycles. The van der Waals surface area contributed by atoms with Crippen molar-refractivity contribution in [1.82, 2.24) is 10.6 Å². The van der Waals surface area contributed by atoms with Gasteiger partial charge in [0.1, 0.15) is 11.6 Å². The fourth-order valence-corrected chi connectivity index (χ4v) is 6.44. The number of nitrogens with zero attached hydrogens (tertiary/aromatic N) is 1. The molecular weight excluding hydrogens is 623 g/mol. The van der Waals surface area contributed by atoms with Crippen LogP contribution in [0.25, 0.3) is 0 Å². The largest absolute Gasteiger partial charge is 0.444 e. The monoisotopic (exact) mass is 663 g/mol. The SMILES string of the molecule is CC(C)(C)OC(=O)N[C@@H](Cc1ccc(N(CCCl)CCCl)cc1)C(=O)NCCCCCC(O)(P(=O)(O)O)P(=O)(O)O. The van der Waals surface area contributed by atoms with E-state index in [1.54, 1.807) is 20.8 Å². The van der Waals surface area contributed by atoms with E-state index >= 15 is 0 Å². The van der Waals surface area contributed by atoms with Gasteiger partial charge in [0.05, 0.1) is 0 Å². The summed E-state index contributed by atoms with van der Waals surface area (Å²) < 4.78 is 28.2. The number of aliphatic hydroxyl groups is 1. The molecule has 0 aliphatic carbocycles. The van der Waals surface area contributed by atoms with E-state index in [0.29, 0.717) is 24.8 Å². The summed E-state index contributed by atoms with van der Waals surface area (Å²) in [4.78, 5) is 64.3. The molecule has 0 radical (unpaired) electrons. The topological polar surface area (TPSA) is 206 Å². The van der Waals surface area contributed by atoms with Crippen molar-refractivity contribution < 1.29 is 48.1 Å². The first-order chi connectivity index (χ1) is 18.8. The zero-order valence-corrected chi connectivity index (χ0v) is 26.6. The first-order valence-corrected chi connectivity index (χ1v) is 17.2. The maximum Gasteiger partial charge on any atom is 0.408 e. The van der Waals surface area contributed by atoms with Gasteiger partial charge in [-0.05, 0) is 57.7 Å². The molecule has 1 aromatic rings. The van der Waals surface area contributed by atoms with Crippen molar-refractivity contribution >= 4 is 56.1 Å². The summed E-state index contributed by atoms with van der Waals surface area (Å²) in [6, 6.07) is 6.39. The van der Waals surface area contributed by atoms with Crippen molar-refractivity contribution in [3.63, 3.8) is 0 Å². The average molecular weight is 664 g/mol. The summed E-state index contributed by atoms with van der Waals surface area (Å²) in [5, 5.41) is 11.7. The molecule has 1 atom stereocenters. The van der Waals surface area contributed by atoms with E-state index in [0.717, 1.165) is 11.3 Å². The van der Waals surface area contributed by atoms with Gasteiger partial charge in [0.25, 0.3) is 5.08 Å². The van der Waals surface area contributed by atoms with E-state index in [-0.39, 0.29) is 32.2 Å². The lowest BCUT2D eigenvalue weighted by Gasteiger charge is -2.29. The molecule has 41 heavy (non-hydrogen) atoms. The van der Waals surface area contributed by atoms with E-state index in [2.05, 4.69) is 10.6 Å². The quantitative estimate of drug-likeness (QED) is 0.0732. The molecule has 0 saturated carbocycles. The normalized spacial score (nSPS) is 13.4. The second-order valence-electron chi connectivity index (χ2n) is 10.4. The molecule has 0 aliphatic heterocycles. The second kappa shape index (κ2) is 16.4. The number of carbonyl (C=O) groups is 2. The van der Waals surface area contributed by atoms with Crippen LogP contribution in [0.4, 0.5) is 10.5 Å². The molecule has 13 nitrogen and oxygen atoms in total. The molecule has 0 saturated heterocycles. The Hall–Kier alpha value is -1.40. The Labute approximate surface area is 250 Å². The van der Waals surface area contributed by atoms with Gasteiger partial charge < -0.3 is 45.0 Å². The lowest BCUT2D eigenvalue weighted by molar-refractivity contribution is -0.123. The molecule has 7 N–H and O–H groups in total. The van der Waals surface area contributed by atoms with Gasteiger partial charge in [-0.25, -0.2) is 4.79 Å². The zero-order chi connectivity index (χ0) is 31.5. The van der Waals surface area contributed by atoms with Crippen molar-refractivity contribution in [2.75, 3.05) is 36.3 Å². The Bertz CT molecular complexity index is 1050. The molecule has 236 valence electrons. The van der Waals surface area contributed by atoms with Gasteiger partial charge in [0.2, 0.25) is 5.91 Å². The highest BCUT2D eigenvalue weighted by atomic mass is 35.5. The van der Waals surface area contributed by atoms with Gasteiger partial charge in [-0.2, -0.15) is 0 Å². The van der Waals surface area contributed by atoms with Crippen molar-refractivity contribution in [2.45, 2.75) is 69.6 Å². The van der Waals surface area contributed by atoms with E-state index in [4.69, 9.17) is 27.9 Å². The fourth-order valence-electron chi connectivity index (χ4n) is 3.77. The standard InChI is InChI=1S/C24H41Cl2N3O10P2/c1-23(2,3)39-22(31)28-20(17-18-7-9-19(10-8-18)29(15-12-25)16-13-26)21(30)27-14-6-4-5-11-24(32,40(33,34)35)41(36,37)38/h7-10,20,32H,4-6,11-17H2,1-3H3,(H,27,30)(H,28,31)(H2,33,34,35)(H2,36,37,38)/t20-/m0/s1. The minimum Gasteiger partial charge on any atom is -0.444 e. The number of amides is 2. The smallest absolute Gasteiger partial charge is 0.408 e. The minimum atomic E-state index is -5.52. The van der Waals surface area contributed by atoms with Crippen molar-refractivity contribution in [3.8, 4) is 0 Å². The average Bonchev–Trinajstić information content (AvgIpc) is 2.83. The van der Waals surface area contributed by atoms with Crippen LogP contribution in [-0.2, 0) is 25.1 Å². The predicted octanol–water partition coefficient (Wildman–Crippen LogP) is 3.08. The van der Waals surface area contributed by atoms with Crippen LogP contribution in [0.3, 0.4) is 0 Å². The molecule has 0 spiro atoms. The number of hydrogen-bond donors (Lipinski definition) is 7. The fraction of sp³-hybridized carbons (Fsp3) is 0.667. The molecule has 0 fully saturated rings. The lowest BCUT2D eigenvalue weighted by atomic mass is 10.0. The molecular formula is C24H41Cl2N3O10P2. The third-order valence-electron chi connectivity index (χ3n) is 5.88. The first-order valence-electron chi connectivity index (χ1n) is 12.9. The molecule has 0 aliphatic rings. The summed E-state index contributed by atoms with van der Waals surface area (Å²) in [5.74, 6) is 0.344. The number of benzene rings is 1. The number of ether oxygens (including phenoxy) is 1. The Morgan fingerprint density at radius 2 is 1.49 bits per heavy atom. The molecule has 17 heteroatoms. The van der Waals surface area contributed by atoms with Crippen LogP contribution in [-0.4, -0.2) is 84.8 Å². The van der Waals surface area contributed by atoms with E-state index in [1.807, 2.05) is 29.2 Å². The van der Waals surface area contributed by atoms with Crippen LogP contribution >= 0.6 is 38.4 Å². The number of alkyl halides is 2. The van der Waals surface area contributed by atoms with Gasteiger partial charge in [-0.3, -0.25) is 13.9 Å². The van der Waals surface area contributed by atoms with Crippen molar-refractivity contribution in [3.05, 3.63) is 29.8 Å². The number of anilines is 1. The number of hydrogen-bond acceptors (Lipinski definition) is 7. The third-order valence-corrected chi connectivity index (χ3v) is 10.1. The number of halogens is 2. The molecule has 1 rings (SSSR count). The highest BCUT2D eigenvalue weighted by Crippen LogP contribution is 2.69. The summed E-state index contributed by atoms with van der Waals surface area (Å²) >= 11 is 11.8. The summed E-state index contributed by atoms with van der Waals surface area (Å²) in [6.07, 6.45) is -1.13. The summed E-state index contributed by atoms with van der Waals surface area (Å²) in [6.45, 7) is 6.38. The van der Waals surface area contributed by atoms with Crippen LogP contribution in [0.15, 0.2) is 24.3 Å². The number of unbranched alkanes of at least 4 members (excludes halogenated alkanes) is 2. The molecule has 1 aromatic carbocycles. The maximum atomic E-state index is 13.0. The molecule has 0 unspecified atom stereocenters. The lowest BCUT2D eigenvalue weighted by Crippen LogP contribution is -2.49. The van der Waals surface area contributed by atoms with E-state index in [1.165, 1.54) is 0 Å². The maximum absolute atomic E-state index is 13.0. The Morgan fingerprint density at radius 3 is 1.95 bits per heavy atom. The van der Waals surface area contributed by atoms with Gasteiger partial charge in [-0.1, -0.05) is 18.6 Å². The predicted molar refractivity (Wildman–Crippen MR) is 157 cm³/mol. The summed E-state index contributed by atoms with van der Waals surface area (Å²) in [7, 11) is -11.0. The van der Waals surface area contributed by atoms with Crippen LogP contribution in [0.1, 0.15) is 52.0 Å². The molecule has 0 bridgehead atoms. The Morgan fingerprint density at radius 1 is 0.951 bits per heavy atom. The molecule has 2 amide bonds. The van der Waals surface area contributed by atoms with E-state index in [9.17, 15) is 43.4 Å². The first kappa shape index (κ1) is 37.6. The Kier molecular flexibility index (Phi) is 15.1.